The molecular formula is C10H16O. The smallest absolute Gasteiger partial charge is 0.142 e. The number of carbonyl (C=O) groups excluding carboxylic acids is 1. The molecule has 62 valence electrons. The third-order valence-corrected chi connectivity index (χ3v) is 4.08. The van der Waals surface area contributed by atoms with Crippen molar-refractivity contribution in [1.82, 2.24) is 0 Å². The third kappa shape index (κ3) is 0.692. The molecule has 0 aliphatic heterocycles. The van der Waals surface area contributed by atoms with Crippen LogP contribution in [0.3, 0.4) is 0 Å². The summed E-state index contributed by atoms with van der Waals surface area (Å²) in [6, 6.07) is 0. The highest BCUT2D eigenvalue weighted by atomic mass is 16.1. The van der Waals surface area contributed by atoms with Crippen LogP contribution in [-0.2, 0) is 4.79 Å². The van der Waals surface area contributed by atoms with Gasteiger partial charge in [0.25, 0.3) is 0 Å². The van der Waals surface area contributed by atoms with Gasteiger partial charge < -0.3 is 0 Å². The Balaban J connectivity index is 2.42. The van der Waals surface area contributed by atoms with Crippen molar-refractivity contribution in [1.29, 1.82) is 0 Å². The Labute approximate surface area is 68.2 Å². The fraction of sp³-hybridized carbons (Fsp3) is 0.900. The Bertz CT molecular complexity index is 221. The Morgan fingerprint density at radius 3 is 2.27 bits per heavy atom. The molecule has 2 bridgehead atoms. The summed E-state index contributed by atoms with van der Waals surface area (Å²) >= 11 is 0. The van der Waals surface area contributed by atoms with Gasteiger partial charge in [-0.15, -0.1) is 0 Å². The fourth-order valence-corrected chi connectivity index (χ4v) is 3.05. The van der Waals surface area contributed by atoms with Gasteiger partial charge in [-0.3, -0.25) is 4.79 Å². The van der Waals surface area contributed by atoms with Gasteiger partial charge in [-0.2, -0.15) is 0 Å². The SMILES string of the molecule is C[C@@H]1C(=O)[C@@]2(C)CC[C@]1(C)C2. The lowest BCUT2D eigenvalue weighted by Gasteiger charge is -2.28. The standard InChI is InChI=1S/C10H16O/c1-7-8(11)10(3)5-4-9(7,2)6-10/h7H,4-6H2,1-3H3/t7-,9-,10+/m1/s1. The molecule has 0 aromatic rings. The van der Waals surface area contributed by atoms with Crippen LogP contribution in [0.1, 0.15) is 40.0 Å². The molecule has 0 aromatic heterocycles. The molecule has 11 heavy (non-hydrogen) atoms. The van der Waals surface area contributed by atoms with E-state index in [9.17, 15) is 4.79 Å². The van der Waals surface area contributed by atoms with E-state index >= 15 is 0 Å². The molecule has 0 aromatic carbocycles. The van der Waals surface area contributed by atoms with Crippen LogP contribution in [0.4, 0.5) is 0 Å². The van der Waals surface area contributed by atoms with Crippen molar-refractivity contribution in [2.75, 3.05) is 0 Å². The number of carbonyl (C=O) groups is 1. The summed E-state index contributed by atoms with van der Waals surface area (Å²) in [4.78, 5) is 11.7. The molecule has 0 unspecified atom stereocenters. The number of fused-ring (bicyclic) bond motifs is 2. The Kier molecular flexibility index (Phi) is 1.13. The zero-order chi connectivity index (χ0) is 8.28. The van der Waals surface area contributed by atoms with E-state index in [4.69, 9.17) is 0 Å². The highest BCUT2D eigenvalue weighted by molar-refractivity contribution is 5.90. The van der Waals surface area contributed by atoms with Crippen LogP contribution < -0.4 is 0 Å². The van der Waals surface area contributed by atoms with Crippen LogP contribution in [0.25, 0.3) is 0 Å². The third-order valence-electron chi connectivity index (χ3n) is 4.08. The second-order valence-corrected chi connectivity index (χ2v) is 4.98. The summed E-state index contributed by atoms with van der Waals surface area (Å²) in [5.74, 6) is 0.840. The molecule has 3 atom stereocenters. The molecule has 0 heterocycles. The first-order valence-electron chi connectivity index (χ1n) is 4.52. The first-order valence-corrected chi connectivity index (χ1v) is 4.52. The lowest BCUT2D eigenvalue weighted by Crippen LogP contribution is -2.30. The zero-order valence-electron chi connectivity index (χ0n) is 7.61. The van der Waals surface area contributed by atoms with Crippen molar-refractivity contribution in [3.63, 3.8) is 0 Å². The van der Waals surface area contributed by atoms with Crippen molar-refractivity contribution in [3.05, 3.63) is 0 Å². The summed E-state index contributed by atoms with van der Waals surface area (Å²) in [5.41, 5.74) is 0.417. The van der Waals surface area contributed by atoms with Crippen LogP contribution in [0.15, 0.2) is 0 Å². The van der Waals surface area contributed by atoms with E-state index in [1.165, 1.54) is 6.42 Å². The van der Waals surface area contributed by atoms with Gasteiger partial charge in [-0.1, -0.05) is 20.8 Å². The molecule has 0 N–H and O–H groups in total. The molecule has 2 aliphatic rings. The molecule has 2 fully saturated rings. The van der Waals surface area contributed by atoms with Crippen molar-refractivity contribution in [3.8, 4) is 0 Å². The van der Waals surface area contributed by atoms with E-state index in [0.717, 1.165) is 12.8 Å². The highest BCUT2D eigenvalue weighted by Gasteiger charge is 2.59. The molecule has 0 spiro atoms. The van der Waals surface area contributed by atoms with Gasteiger partial charge in [0.1, 0.15) is 5.78 Å². The van der Waals surface area contributed by atoms with E-state index in [2.05, 4.69) is 20.8 Å². The van der Waals surface area contributed by atoms with Gasteiger partial charge >= 0.3 is 0 Å². The number of rotatable bonds is 0. The maximum absolute atomic E-state index is 11.7. The van der Waals surface area contributed by atoms with Gasteiger partial charge in [0, 0.05) is 11.3 Å². The topological polar surface area (TPSA) is 17.1 Å². The van der Waals surface area contributed by atoms with Crippen molar-refractivity contribution in [2.24, 2.45) is 16.7 Å². The average Bonchev–Trinajstić information content (AvgIpc) is 2.32. The van der Waals surface area contributed by atoms with Crippen LogP contribution in [0, 0.1) is 16.7 Å². The van der Waals surface area contributed by atoms with Crippen LogP contribution in [0.2, 0.25) is 0 Å². The van der Waals surface area contributed by atoms with E-state index in [0.29, 0.717) is 17.1 Å². The first-order chi connectivity index (χ1) is 4.98. The normalized spacial score (nSPS) is 55.5. The summed E-state index contributed by atoms with van der Waals surface area (Å²) in [7, 11) is 0. The minimum absolute atomic E-state index is 0.0637. The predicted octanol–water partition coefficient (Wildman–Crippen LogP) is 2.40. The molecule has 2 saturated carbocycles. The number of hydrogen-bond acceptors (Lipinski definition) is 1. The molecule has 0 radical (unpaired) electrons. The summed E-state index contributed by atoms with van der Waals surface area (Å²) in [6.45, 7) is 6.52. The number of hydrogen-bond donors (Lipinski definition) is 0. The van der Waals surface area contributed by atoms with Crippen molar-refractivity contribution < 1.29 is 4.79 Å². The Hall–Kier alpha value is -0.330. The van der Waals surface area contributed by atoms with Crippen LogP contribution in [0.5, 0.6) is 0 Å². The molecule has 1 heteroatoms. The largest absolute Gasteiger partial charge is 0.299 e. The second-order valence-electron chi connectivity index (χ2n) is 4.98. The quantitative estimate of drug-likeness (QED) is 0.521. The second kappa shape index (κ2) is 1.70. The monoisotopic (exact) mass is 152 g/mol. The van der Waals surface area contributed by atoms with Gasteiger partial charge in [-0.05, 0) is 24.7 Å². The maximum atomic E-state index is 11.7. The van der Waals surface area contributed by atoms with Crippen molar-refractivity contribution >= 4 is 5.78 Å². The van der Waals surface area contributed by atoms with Crippen LogP contribution in [-0.4, -0.2) is 5.78 Å². The van der Waals surface area contributed by atoms with E-state index in [1.807, 2.05) is 0 Å². The number of Topliss-reactive ketones (excluding diaryl/α,β-unsaturated/α-hetero) is 1. The molecule has 2 aliphatic carbocycles. The minimum Gasteiger partial charge on any atom is -0.299 e. The maximum Gasteiger partial charge on any atom is 0.142 e. The zero-order valence-corrected chi connectivity index (χ0v) is 7.61. The number of ketones is 1. The van der Waals surface area contributed by atoms with E-state index in [1.54, 1.807) is 0 Å². The Morgan fingerprint density at radius 1 is 1.36 bits per heavy atom. The minimum atomic E-state index is 0.0637. The highest BCUT2D eigenvalue weighted by Crippen LogP contribution is 2.61. The molecule has 0 saturated heterocycles. The fourth-order valence-electron chi connectivity index (χ4n) is 3.05. The van der Waals surface area contributed by atoms with Gasteiger partial charge in [0.05, 0.1) is 0 Å². The van der Waals surface area contributed by atoms with Gasteiger partial charge in [0.2, 0.25) is 0 Å². The van der Waals surface area contributed by atoms with Crippen LogP contribution >= 0.6 is 0 Å². The summed E-state index contributed by atoms with van der Waals surface area (Å²) in [6.07, 6.45) is 3.53. The van der Waals surface area contributed by atoms with Gasteiger partial charge in [-0.25, -0.2) is 0 Å². The molecule has 0 amide bonds. The van der Waals surface area contributed by atoms with E-state index in [-0.39, 0.29) is 5.41 Å². The molecule has 2 rings (SSSR count). The van der Waals surface area contributed by atoms with Gasteiger partial charge in [0.15, 0.2) is 0 Å². The van der Waals surface area contributed by atoms with Crippen molar-refractivity contribution in [2.45, 2.75) is 40.0 Å². The Morgan fingerprint density at radius 2 is 2.00 bits per heavy atom. The molecule has 1 nitrogen and oxygen atoms in total. The first kappa shape index (κ1) is 7.33. The lowest BCUT2D eigenvalue weighted by molar-refractivity contribution is -0.130. The summed E-state index contributed by atoms with van der Waals surface area (Å²) < 4.78 is 0. The van der Waals surface area contributed by atoms with E-state index < -0.39 is 0 Å². The lowest BCUT2D eigenvalue weighted by atomic mass is 9.75. The summed E-state index contributed by atoms with van der Waals surface area (Å²) in [5, 5.41) is 0. The molecular weight excluding hydrogens is 136 g/mol. The average molecular weight is 152 g/mol. The predicted molar refractivity (Wildman–Crippen MR) is 44.2 cm³/mol.